The first-order valence-corrected chi connectivity index (χ1v) is 6.43. The van der Waals surface area contributed by atoms with Gasteiger partial charge in [0.2, 0.25) is 0 Å². The highest BCUT2D eigenvalue weighted by atomic mass is 16.1. The van der Waals surface area contributed by atoms with Crippen LogP contribution in [0, 0.1) is 0 Å². The zero-order valence-electron chi connectivity index (χ0n) is 11.1. The van der Waals surface area contributed by atoms with Gasteiger partial charge in [-0.25, -0.2) is 0 Å². The molecule has 0 N–H and O–H groups in total. The van der Waals surface area contributed by atoms with Crippen LogP contribution in [0.4, 0.5) is 0 Å². The van der Waals surface area contributed by atoms with Crippen LogP contribution < -0.4 is 0 Å². The van der Waals surface area contributed by atoms with E-state index in [0.717, 1.165) is 12.1 Å². The second-order valence-electron chi connectivity index (χ2n) is 4.66. The fourth-order valence-electron chi connectivity index (χ4n) is 1.90. The topological polar surface area (TPSA) is 20.3 Å². The van der Waals surface area contributed by atoms with E-state index in [1.807, 2.05) is 30.3 Å². The molecule has 2 nitrogen and oxygen atoms in total. The van der Waals surface area contributed by atoms with Crippen molar-refractivity contribution in [2.24, 2.45) is 0 Å². The van der Waals surface area contributed by atoms with Gasteiger partial charge in [-0.05, 0) is 20.4 Å². The number of benzene rings is 1. The van der Waals surface area contributed by atoms with Crippen molar-refractivity contribution in [2.75, 3.05) is 13.6 Å². The minimum Gasteiger partial charge on any atom is -0.303 e. The lowest BCUT2D eigenvalue weighted by molar-refractivity contribution is 0.0961. The summed E-state index contributed by atoms with van der Waals surface area (Å²) in [7, 11) is 2.10. The Hall–Kier alpha value is -1.15. The first kappa shape index (κ1) is 13.9. The van der Waals surface area contributed by atoms with Gasteiger partial charge in [-0.15, -0.1) is 0 Å². The highest BCUT2D eigenvalue weighted by Crippen LogP contribution is 2.07. The van der Waals surface area contributed by atoms with Crippen LogP contribution in [0.3, 0.4) is 0 Å². The largest absolute Gasteiger partial charge is 0.303 e. The summed E-state index contributed by atoms with van der Waals surface area (Å²) in [6.45, 7) is 5.25. The lowest BCUT2D eigenvalue weighted by Crippen LogP contribution is -2.30. The maximum atomic E-state index is 11.9. The van der Waals surface area contributed by atoms with Crippen LogP contribution in [0.5, 0.6) is 0 Å². The Labute approximate surface area is 105 Å². The predicted molar refractivity (Wildman–Crippen MR) is 72.4 cm³/mol. The zero-order chi connectivity index (χ0) is 12.7. The molecule has 17 heavy (non-hydrogen) atoms. The second kappa shape index (κ2) is 7.23. The molecule has 0 aliphatic heterocycles. The average molecular weight is 233 g/mol. The molecule has 1 unspecified atom stereocenters. The molecule has 1 aromatic carbocycles. The third kappa shape index (κ3) is 4.70. The third-order valence-electron chi connectivity index (χ3n) is 3.25. The molecular formula is C15H23NO. The molecule has 0 aromatic heterocycles. The Morgan fingerprint density at radius 1 is 1.29 bits per heavy atom. The summed E-state index contributed by atoms with van der Waals surface area (Å²) in [6.07, 6.45) is 2.99. The van der Waals surface area contributed by atoms with E-state index in [9.17, 15) is 4.79 Å². The number of hydrogen-bond acceptors (Lipinski definition) is 2. The van der Waals surface area contributed by atoms with E-state index < -0.39 is 0 Å². The molecule has 1 aromatic rings. The Morgan fingerprint density at radius 3 is 2.53 bits per heavy atom. The summed E-state index contributed by atoms with van der Waals surface area (Å²) < 4.78 is 0. The summed E-state index contributed by atoms with van der Waals surface area (Å²) in [5.74, 6) is 0.237. The van der Waals surface area contributed by atoms with Gasteiger partial charge in [-0.2, -0.15) is 0 Å². The van der Waals surface area contributed by atoms with Crippen LogP contribution in [-0.4, -0.2) is 30.3 Å². The highest BCUT2D eigenvalue weighted by molar-refractivity contribution is 5.96. The molecule has 0 heterocycles. The van der Waals surface area contributed by atoms with E-state index in [2.05, 4.69) is 25.8 Å². The van der Waals surface area contributed by atoms with Crippen LogP contribution in [-0.2, 0) is 0 Å². The molecule has 1 atom stereocenters. The number of carbonyl (C=O) groups is 1. The van der Waals surface area contributed by atoms with Crippen molar-refractivity contribution in [3.8, 4) is 0 Å². The van der Waals surface area contributed by atoms with Crippen LogP contribution in [0.15, 0.2) is 30.3 Å². The van der Waals surface area contributed by atoms with Gasteiger partial charge in [0.25, 0.3) is 0 Å². The van der Waals surface area contributed by atoms with Gasteiger partial charge < -0.3 is 4.90 Å². The zero-order valence-corrected chi connectivity index (χ0v) is 11.1. The molecule has 0 radical (unpaired) electrons. The molecule has 0 spiro atoms. The third-order valence-corrected chi connectivity index (χ3v) is 3.25. The summed E-state index contributed by atoms with van der Waals surface area (Å²) in [6, 6.07) is 10.1. The molecule has 0 aliphatic rings. The average Bonchev–Trinajstić information content (AvgIpc) is 2.36. The molecule has 0 saturated heterocycles. The lowest BCUT2D eigenvalue weighted by Gasteiger charge is -2.23. The van der Waals surface area contributed by atoms with E-state index in [4.69, 9.17) is 0 Å². The molecule has 0 saturated carbocycles. The van der Waals surface area contributed by atoms with Crippen LogP contribution >= 0.6 is 0 Å². The van der Waals surface area contributed by atoms with Gasteiger partial charge in [-0.1, -0.05) is 43.7 Å². The smallest absolute Gasteiger partial charge is 0.164 e. The molecule has 0 fully saturated rings. The number of ketones is 1. The van der Waals surface area contributed by atoms with Crippen molar-refractivity contribution in [1.29, 1.82) is 0 Å². The number of rotatable bonds is 7. The van der Waals surface area contributed by atoms with Crippen molar-refractivity contribution in [1.82, 2.24) is 4.90 Å². The Morgan fingerprint density at radius 2 is 1.94 bits per heavy atom. The van der Waals surface area contributed by atoms with E-state index in [0.29, 0.717) is 12.5 Å². The minimum absolute atomic E-state index is 0.237. The van der Waals surface area contributed by atoms with Crippen molar-refractivity contribution in [3.63, 3.8) is 0 Å². The number of nitrogens with zero attached hydrogens (tertiary/aromatic N) is 1. The summed E-state index contributed by atoms with van der Waals surface area (Å²) in [5.41, 5.74) is 0.823. The highest BCUT2D eigenvalue weighted by Gasteiger charge is 2.11. The SMILES string of the molecule is CCCC(C)N(C)CCC(=O)c1ccccc1. The van der Waals surface area contributed by atoms with Crippen LogP contribution in [0.1, 0.15) is 43.5 Å². The molecule has 0 aliphatic carbocycles. The molecule has 0 bridgehead atoms. The molecule has 0 amide bonds. The number of hydrogen-bond donors (Lipinski definition) is 0. The van der Waals surface area contributed by atoms with Gasteiger partial charge in [0, 0.05) is 24.6 Å². The van der Waals surface area contributed by atoms with E-state index >= 15 is 0 Å². The predicted octanol–water partition coefficient (Wildman–Crippen LogP) is 3.38. The maximum Gasteiger partial charge on any atom is 0.164 e. The fraction of sp³-hybridized carbons (Fsp3) is 0.533. The molecule has 1 rings (SSSR count). The molecule has 94 valence electrons. The fourth-order valence-corrected chi connectivity index (χ4v) is 1.90. The van der Waals surface area contributed by atoms with Crippen molar-refractivity contribution in [2.45, 2.75) is 39.2 Å². The van der Waals surface area contributed by atoms with Crippen molar-refractivity contribution in [3.05, 3.63) is 35.9 Å². The van der Waals surface area contributed by atoms with E-state index in [1.165, 1.54) is 12.8 Å². The van der Waals surface area contributed by atoms with Crippen LogP contribution in [0.2, 0.25) is 0 Å². The first-order valence-electron chi connectivity index (χ1n) is 6.43. The standard InChI is InChI=1S/C15H23NO/c1-4-8-13(2)16(3)12-11-15(17)14-9-6-5-7-10-14/h5-7,9-10,13H,4,8,11-12H2,1-3H3. The summed E-state index contributed by atoms with van der Waals surface area (Å²) >= 11 is 0. The van der Waals surface area contributed by atoms with E-state index in [-0.39, 0.29) is 5.78 Å². The maximum absolute atomic E-state index is 11.9. The quantitative estimate of drug-likeness (QED) is 0.673. The summed E-state index contributed by atoms with van der Waals surface area (Å²) in [5, 5.41) is 0. The Balaban J connectivity index is 2.38. The van der Waals surface area contributed by atoms with Gasteiger partial charge in [0.05, 0.1) is 0 Å². The monoisotopic (exact) mass is 233 g/mol. The van der Waals surface area contributed by atoms with Gasteiger partial charge in [0.15, 0.2) is 5.78 Å². The minimum atomic E-state index is 0.237. The summed E-state index contributed by atoms with van der Waals surface area (Å²) in [4.78, 5) is 14.2. The number of carbonyl (C=O) groups excluding carboxylic acids is 1. The lowest BCUT2D eigenvalue weighted by atomic mass is 10.1. The normalized spacial score (nSPS) is 12.7. The molecule has 2 heteroatoms. The Kier molecular flexibility index (Phi) is 5.92. The van der Waals surface area contributed by atoms with Crippen molar-refractivity contribution >= 4 is 5.78 Å². The van der Waals surface area contributed by atoms with Gasteiger partial charge >= 0.3 is 0 Å². The van der Waals surface area contributed by atoms with Gasteiger partial charge in [-0.3, -0.25) is 4.79 Å². The number of Topliss-reactive ketones (excluding diaryl/α,β-unsaturated/α-hetero) is 1. The van der Waals surface area contributed by atoms with Gasteiger partial charge in [0.1, 0.15) is 0 Å². The molecular weight excluding hydrogens is 210 g/mol. The first-order chi connectivity index (χ1) is 8.15. The van der Waals surface area contributed by atoms with Crippen LogP contribution in [0.25, 0.3) is 0 Å². The Bertz CT molecular complexity index is 334. The van der Waals surface area contributed by atoms with E-state index in [1.54, 1.807) is 0 Å². The van der Waals surface area contributed by atoms with Crippen molar-refractivity contribution < 1.29 is 4.79 Å². The second-order valence-corrected chi connectivity index (χ2v) is 4.66.